The molecule has 26 heavy (non-hydrogen) atoms. The van der Waals surface area contributed by atoms with E-state index in [1.807, 2.05) is 48.5 Å². The highest BCUT2D eigenvalue weighted by Gasteiger charge is 2.10. The van der Waals surface area contributed by atoms with Gasteiger partial charge in [-0.05, 0) is 41.5 Å². The monoisotopic (exact) mass is 385 g/mol. The molecule has 5 heteroatoms. The molecule has 0 fully saturated rings. The molecule has 0 unspecified atom stereocenters. The van der Waals surface area contributed by atoms with Crippen molar-refractivity contribution < 1.29 is 9.18 Å². The van der Waals surface area contributed by atoms with Gasteiger partial charge in [0.15, 0.2) is 0 Å². The summed E-state index contributed by atoms with van der Waals surface area (Å²) in [6.07, 6.45) is 0.00284. The second-order valence-corrected chi connectivity index (χ2v) is 7.18. The van der Waals surface area contributed by atoms with Crippen molar-refractivity contribution in [2.24, 2.45) is 0 Å². The van der Waals surface area contributed by atoms with Gasteiger partial charge in [-0.15, -0.1) is 11.8 Å². The molecule has 0 aromatic heterocycles. The van der Waals surface area contributed by atoms with E-state index in [-0.39, 0.29) is 18.1 Å². The molecule has 0 spiro atoms. The molecule has 0 saturated heterocycles. The summed E-state index contributed by atoms with van der Waals surface area (Å²) in [6, 6.07) is 21.6. The topological polar surface area (TPSA) is 29.1 Å². The summed E-state index contributed by atoms with van der Waals surface area (Å²) in [4.78, 5) is 13.3. The van der Waals surface area contributed by atoms with Crippen LogP contribution in [0.2, 0.25) is 5.02 Å². The first-order chi connectivity index (χ1) is 12.6. The number of nitrogens with one attached hydrogen (secondary N) is 1. The Morgan fingerprint density at radius 3 is 2.42 bits per heavy atom. The second kappa shape index (κ2) is 8.88. The number of hydrogen-bond acceptors (Lipinski definition) is 2. The molecule has 0 aliphatic heterocycles. The van der Waals surface area contributed by atoms with Gasteiger partial charge in [0.05, 0.1) is 12.1 Å². The Morgan fingerprint density at radius 2 is 1.65 bits per heavy atom. The lowest BCUT2D eigenvalue weighted by Crippen LogP contribution is -2.15. The van der Waals surface area contributed by atoms with Crippen LogP contribution in [0.3, 0.4) is 0 Å². The summed E-state index contributed by atoms with van der Waals surface area (Å²) in [5.41, 5.74) is 2.26. The summed E-state index contributed by atoms with van der Waals surface area (Å²) < 4.78 is 13.7. The number of rotatable bonds is 6. The number of halogens is 2. The molecule has 0 bridgehead atoms. The Morgan fingerprint density at radius 1 is 0.962 bits per heavy atom. The van der Waals surface area contributed by atoms with Gasteiger partial charge in [0, 0.05) is 15.7 Å². The smallest absolute Gasteiger partial charge is 0.228 e. The third kappa shape index (κ3) is 5.10. The van der Waals surface area contributed by atoms with E-state index in [0.29, 0.717) is 10.6 Å². The fourth-order valence-electron chi connectivity index (χ4n) is 2.45. The van der Waals surface area contributed by atoms with Crippen LogP contribution >= 0.6 is 23.4 Å². The van der Waals surface area contributed by atoms with Crippen LogP contribution in [-0.2, 0) is 17.0 Å². The van der Waals surface area contributed by atoms with Gasteiger partial charge in [-0.1, -0.05) is 54.1 Å². The average molecular weight is 386 g/mol. The first-order valence-electron chi connectivity index (χ1n) is 8.11. The summed E-state index contributed by atoms with van der Waals surface area (Å²) in [7, 11) is 0. The van der Waals surface area contributed by atoms with Crippen LogP contribution in [0.25, 0.3) is 0 Å². The highest BCUT2D eigenvalue weighted by molar-refractivity contribution is 7.98. The third-order valence-electron chi connectivity index (χ3n) is 3.78. The van der Waals surface area contributed by atoms with Gasteiger partial charge in [0.1, 0.15) is 5.82 Å². The van der Waals surface area contributed by atoms with Gasteiger partial charge in [-0.3, -0.25) is 4.79 Å². The maximum Gasteiger partial charge on any atom is 0.228 e. The number of para-hydroxylation sites is 1. The third-order valence-corrected chi connectivity index (χ3v) is 5.17. The van der Waals surface area contributed by atoms with Crippen molar-refractivity contribution in [3.8, 4) is 0 Å². The van der Waals surface area contributed by atoms with E-state index < -0.39 is 0 Å². The van der Waals surface area contributed by atoms with Crippen molar-refractivity contribution in [2.45, 2.75) is 17.1 Å². The normalized spacial score (nSPS) is 10.5. The summed E-state index contributed by atoms with van der Waals surface area (Å²) >= 11 is 7.53. The molecule has 1 amide bonds. The molecule has 132 valence electrons. The standard InChI is InChI=1S/C21H17ClFNOS/c22-17-11-9-15(10-12-17)14-26-20-8-4-3-7-19(20)24-21(25)13-16-5-1-2-6-18(16)23/h1-12H,13-14H2,(H,24,25). The van der Waals surface area contributed by atoms with Gasteiger partial charge < -0.3 is 5.32 Å². The highest BCUT2D eigenvalue weighted by atomic mass is 35.5. The Hall–Kier alpha value is -2.30. The second-order valence-electron chi connectivity index (χ2n) is 5.73. The number of amides is 1. The molecule has 3 aromatic rings. The van der Waals surface area contributed by atoms with Crippen molar-refractivity contribution in [3.05, 3.63) is 94.8 Å². The van der Waals surface area contributed by atoms with Crippen LogP contribution in [0.5, 0.6) is 0 Å². The molecule has 3 aromatic carbocycles. The van der Waals surface area contributed by atoms with E-state index >= 15 is 0 Å². The average Bonchev–Trinajstić information content (AvgIpc) is 2.64. The van der Waals surface area contributed by atoms with E-state index in [4.69, 9.17) is 11.6 Å². The van der Waals surface area contributed by atoms with Crippen LogP contribution in [0.15, 0.2) is 77.7 Å². The largest absolute Gasteiger partial charge is 0.325 e. The fourth-order valence-corrected chi connectivity index (χ4v) is 3.54. The molecular formula is C21H17ClFNOS. The number of hydrogen-bond donors (Lipinski definition) is 1. The molecule has 0 aliphatic rings. The first-order valence-corrected chi connectivity index (χ1v) is 9.48. The zero-order chi connectivity index (χ0) is 18.4. The summed E-state index contributed by atoms with van der Waals surface area (Å²) in [6.45, 7) is 0. The van der Waals surface area contributed by atoms with Crippen LogP contribution < -0.4 is 5.32 Å². The summed E-state index contributed by atoms with van der Waals surface area (Å²) in [5.74, 6) is 0.153. The van der Waals surface area contributed by atoms with E-state index in [0.717, 1.165) is 21.9 Å². The molecule has 0 atom stereocenters. The van der Waals surface area contributed by atoms with Crippen molar-refractivity contribution in [1.29, 1.82) is 0 Å². The predicted octanol–water partition coefficient (Wildman–Crippen LogP) is 5.95. The molecule has 0 aliphatic carbocycles. The number of carbonyl (C=O) groups excluding carboxylic acids is 1. The number of anilines is 1. The van der Waals surface area contributed by atoms with E-state index in [1.54, 1.807) is 30.0 Å². The minimum atomic E-state index is -0.368. The van der Waals surface area contributed by atoms with E-state index in [9.17, 15) is 9.18 Å². The Kier molecular flexibility index (Phi) is 6.31. The first kappa shape index (κ1) is 18.5. The van der Waals surface area contributed by atoms with E-state index in [1.165, 1.54) is 6.07 Å². The lowest BCUT2D eigenvalue weighted by molar-refractivity contribution is -0.115. The Bertz CT molecular complexity index is 899. The molecule has 0 saturated carbocycles. The quantitative estimate of drug-likeness (QED) is 0.531. The zero-order valence-electron chi connectivity index (χ0n) is 13.9. The maximum atomic E-state index is 13.7. The van der Waals surface area contributed by atoms with Gasteiger partial charge in [-0.25, -0.2) is 4.39 Å². The maximum absolute atomic E-state index is 13.7. The lowest BCUT2D eigenvalue weighted by Gasteiger charge is -2.11. The zero-order valence-corrected chi connectivity index (χ0v) is 15.5. The Balaban J connectivity index is 1.65. The lowest BCUT2D eigenvalue weighted by atomic mass is 10.1. The number of benzene rings is 3. The molecule has 0 heterocycles. The van der Waals surface area contributed by atoms with Crippen molar-refractivity contribution in [2.75, 3.05) is 5.32 Å². The SMILES string of the molecule is O=C(Cc1ccccc1F)Nc1ccccc1SCc1ccc(Cl)cc1. The highest BCUT2D eigenvalue weighted by Crippen LogP contribution is 2.30. The number of thioether (sulfide) groups is 1. The van der Waals surface area contributed by atoms with Crippen LogP contribution in [0.1, 0.15) is 11.1 Å². The van der Waals surface area contributed by atoms with Crippen LogP contribution in [0, 0.1) is 5.82 Å². The summed E-state index contributed by atoms with van der Waals surface area (Å²) in [5, 5.41) is 3.59. The van der Waals surface area contributed by atoms with Crippen molar-refractivity contribution in [1.82, 2.24) is 0 Å². The minimum absolute atomic E-state index is 0.00284. The predicted molar refractivity (Wildman–Crippen MR) is 106 cm³/mol. The van der Waals surface area contributed by atoms with Crippen molar-refractivity contribution in [3.63, 3.8) is 0 Å². The Labute approximate surface area is 161 Å². The molecular weight excluding hydrogens is 369 g/mol. The molecule has 0 radical (unpaired) electrons. The fraction of sp³-hybridized carbons (Fsp3) is 0.0952. The van der Waals surface area contributed by atoms with Gasteiger partial charge >= 0.3 is 0 Å². The minimum Gasteiger partial charge on any atom is -0.325 e. The van der Waals surface area contributed by atoms with Gasteiger partial charge in [0.2, 0.25) is 5.91 Å². The molecule has 3 rings (SSSR count). The van der Waals surface area contributed by atoms with Crippen molar-refractivity contribution >= 4 is 35.0 Å². The van der Waals surface area contributed by atoms with Gasteiger partial charge in [0.25, 0.3) is 0 Å². The van der Waals surface area contributed by atoms with Crippen LogP contribution in [-0.4, -0.2) is 5.91 Å². The molecule has 2 nitrogen and oxygen atoms in total. The van der Waals surface area contributed by atoms with Gasteiger partial charge in [-0.2, -0.15) is 0 Å². The molecule has 1 N–H and O–H groups in total. The van der Waals surface area contributed by atoms with Crippen LogP contribution in [0.4, 0.5) is 10.1 Å². The van der Waals surface area contributed by atoms with E-state index in [2.05, 4.69) is 5.32 Å². The number of carbonyl (C=O) groups is 1.